The molecule has 13 heteroatoms. The topological polar surface area (TPSA) is 144 Å². The van der Waals surface area contributed by atoms with Gasteiger partial charge in [-0.3, -0.25) is 24.6 Å². The van der Waals surface area contributed by atoms with Crippen LogP contribution in [0.15, 0.2) is 18.2 Å². The highest BCUT2D eigenvalue weighted by atomic mass is 35.5. The van der Waals surface area contributed by atoms with E-state index in [9.17, 15) is 24.5 Å². The molecule has 1 aliphatic rings. The number of rotatable bonds is 6. The van der Waals surface area contributed by atoms with Gasteiger partial charge in [-0.1, -0.05) is 0 Å². The van der Waals surface area contributed by atoms with Gasteiger partial charge >= 0.3 is 17.3 Å². The molecule has 0 spiro atoms. The Labute approximate surface area is 189 Å². The highest BCUT2D eigenvalue weighted by Gasteiger charge is 2.37. The number of non-ortho nitro benzene ring substituents is 1. The molecule has 3 unspecified atom stereocenters. The summed E-state index contributed by atoms with van der Waals surface area (Å²) in [6.45, 7) is 1.23. The highest BCUT2D eigenvalue weighted by molar-refractivity contribution is 6.66. The van der Waals surface area contributed by atoms with Gasteiger partial charge in [0.25, 0.3) is 5.69 Å². The summed E-state index contributed by atoms with van der Waals surface area (Å²) in [5, 5.41) is 10.1. The van der Waals surface area contributed by atoms with Crippen molar-refractivity contribution in [1.29, 1.82) is 0 Å². The zero-order chi connectivity index (χ0) is 24.4. The molecule has 2 rings (SSSR count). The lowest BCUT2D eigenvalue weighted by Crippen LogP contribution is -2.44. The molecule has 1 aliphatic heterocycles. The van der Waals surface area contributed by atoms with E-state index in [1.165, 1.54) is 33.2 Å². The SMILES string of the molecule is COC.COC(=O)C1CC(OC(C)=O)CC(Oc2ccc([N+](=O)[O-])cc2N(C)C(=O)Cl)O1. The monoisotopic (exact) mass is 476 g/mol. The second-order valence-corrected chi connectivity index (χ2v) is 6.85. The van der Waals surface area contributed by atoms with Gasteiger partial charge < -0.3 is 23.7 Å². The Morgan fingerprint density at radius 1 is 1.22 bits per heavy atom. The molecule has 0 aromatic heterocycles. The molecule has 0 radical (unpaired) electrons. The maximum atomic E-state index is 11.9. The highest BCUT2D eigenvalue weighted by Crippen LogP contribution is 2.35. The van der Waals surface area contributed by atoms with Crippen molar-refractivity contribution in [1.82, 2.24) is 0 Å². The van der Waals surface area contributed by atoms with Crippen LogP contribution in [0.25, 0.3) is 0 Å². The lowest BCUT2D eigenvalue weighted by atomic mass is 10.0. The van der Waals surface area contributed by atoms with Gasteiger partial charge in [0.05, 0.1) is 17.7 Å². The average molecular weight is 477 g/mol. The second kappa shape index (κ2) is 12.8. The molecule has 1 aromatic carbocycles. The molecule has 1 amide bonds. The maximum Gasteiger partial charge on any atom is 0.335 e. The van der Waals surface area contributed by atoms with Crippen LogP contribution in [-0.4, -0.2) is 69.1 Å². The number of benzene rings is 1. The van der Waals surface area contributed by atoms with Crippen molar-refractivity contribution in [2.45, 2.75) is 38.3 Å². The predicted octanol–water partition coefficient (Wildman–Crippen LogP) is 2.64. The number of nitrogens with zero attached hydrogens (tertiary/aromatic N) is 2. The molecule has 1 fully saturated rings. The van der Waals surface area contributed by atoms with Gasteiger partial charge in [0.1, 0.15) is 11.9 Å². The minimum Gasteiger partial charge on any atom is -0.467 e. The summed E-state index contributed by atoms with van der Waals surface area (Å²) in [5.74, 6) is -1.17. The van der Waals surface area contributed by atoms with Gasteiger partial charge in [-0.15, -0.1) is 0 Å². The fraction of sp³-hybridized carbons (Fsp3) is 0.526. The van der Waals surface area contributed by atoms with E-state index in [2.05, 4.69) is 9.47 Å². The third-order valence-corrected chi connectivity index (χ3v) is 4.34. The van der Waals surface area contributed by atoms with Crippen LogP contribution >= 0.6 is 11.6 Å². The van der Waals surface area contributed by atoms with Crippen LogP contribution in [0.4, 0.5) is 16.2 Å². The molecule has 0 bridgehead atoms. The summed E-state index contributed by atoms with van der Waals surface area (Å²) in [6, 6.07) is 3.56. The Balaban J connectivity index is 0.00000161. The first-order valence-corrected chi connectivity index (χ1v) is 9.60. The Morgan fingerprint density at radius 2 is 1.84 bits per heavy atom. The van der Waals surface area contributed by atoms with E-state index >= 15 is 0 Å². The van der Waals surface area contributed by atoms with Crippen LogP contribution in [0, 0.1) is 10.1 Å². The van der Waals surface area contributed by atoms with E-state index in [0.717, 1.165) is 11.0 Å². The Morgan fingerprint density at radius 3 is 2.34 bits per heavy atom. The van der Waals surface area contributed by atoms with Gasteiger partial charge in [-0.05, 0) is 17.7 Å². The summed E-state index contributed by atoms with van der Waals surface area (Å²) in [5.41, 5.74) is -0.265. The van der Waals surface area contributed by atoms with Crippen molar-refractivity contribution in [3.05, 3.63) is 28.3 Å². The third kappa shape index (κ3) is 7.94. The van der Waals surface area contributed by atoms with Crippen molar-refractivity contribution in [2.75, 3.05) is 33.3 Å². The van der Waals surface area contributed by atoms with Crippen LogP contribution in [-0.2, 0) is 28.5 Å². The van der Waals surface area contributed by atoms with Crippen LogP contribution in [0.2, 0.25) is 0 Å². The van der Waals surface area contributed by atoms with E-state index in [-0.39, 0.29) is 30.0 Å². The van der Waals surface area contributed by atoms with Gasteiger partial charge in [0, 0.05) is 53.2 Å². The zero-order valence-electron chi connectivity index (χ0n) is 18.2. The fourth-order valence-corrected chi connectivity index (χ4v) is 2.84. The van der Waals surface area contributed by atoms with Crippen molar-refractivity contribution >= 4 is 40.3 Å². The molecule has 0 aliphatic carbocycles. The van der Waals surface area contributed by atoms with E-state index in [1.54, 1.807) is 14.2 Å². The van der Waals surface area contributed by atoms with Crippen LogP contribution < -0.4 is 9.64 Å². The summed E-state index contributed by atoms with van der Waals surface area (Å²) in [4.78, 5) is 46.1. The van der Waals surface area contributed by atoms with Crippen LogP contribution in [0.1, 0.15) is 19.8 Å². The van der Waals surface area contributed by atoms with E-state index in [4.69, 9.17) is 25.8 Å². The molecule has 0 saturated carbocycles. The lowest BCUT2D eigenvalue weighted by Gasteiger charge is -2.34. The number of nitro benzene ring substituents is 1. The molecule has 178 valence electrons. The molecular weight excluding hydrogens is 452 g/mol. The number of anilines is 1. The van der Waals surface area contributed by atoms with Gasteiger partial charge in [-0.2, -0.15) is 0 Å². The molecular formula is C19H25ClN2O10. The number of esters is 2. The largest absolute Gasteiger partial charge is 0.467 e. The minimum atomic E-state index is -1.06. The van der Waals surface area contributed by atoms with Crippen LogP contribution in [0.5, 0.6) is 5.75 Å². The number of carbonyl (C=O) groups is 3. The van der Waals surface area contributed by atoms with Gasteiger partial charge in [0.2, 0.25) is 6.29 Å². The van der Waals surface area contributed by atoms with Crippen molar-refractivity contribution in [3.8, 4) is 5.75 Å². The van der Waals surface area contributed by atoms with Crippen LogP contribution in [0.3, 0.4) is 0 Å². The number of amides is 1. The first-order chi connectivity index (χ1) is 15.0. The molecule has 1 heterocycles. The average Bonchev–Trinajstić information content (AvgIpc) is 2.72. The summed E-state index contributed by atoms with van der Waals surface area (Å²) >= 11 is 5.49. The lowest BCUT2D eigenvalue weighted by molar-refractivity contribution is -0.384. The molecule has 32 heavy (non-hydrogen) atoms. The molecule has 1 saturated heterocycles. The molecule has 1 aromatic rings. The smallest absolute Gasteiger partial charge is 0.335 e. The number of ether oxygens (including phenoxy) is 5. The van der Waals surface area contributed by atoms with E-state index in [1.807, 2.05) is 0 Å². The predicted molar refractivity (Wildman–Crippen MR) is 112 cm³/mol. The normalized spacial score (nSPS) is 19.6. The number of hydrogen-bond acceptors (Lipinski definition) is 10. The number of halogens is 1. The molecule has 0 N–H and O–H groups in total. The fourth-order valence-electron chi connectivity index (χ4n) is 2.75. The third-order valence-electron chi connectivity index (χ3n) is 4.08. The Bertz CT molecular complexity index is 834. The number of nitro groups is 1. The number of carbonyl (C=O) groups excluding carboxylic acids is 3. The Kier molecular flexibility index (Phi) is 10.8. The minimum absolute atomic E-state index is 0.0204. The quantitative estimate of drug-likeness (QED) is 0.197. The van der Waals surface area contributed by atoms with Crippen molar-refractivity contribution in [2.24, 2.45) is 0 Å². The standard InChI is InChI=1S/C17H19ClN2O9.C2H6O/c1-9(21)27-11-7-14(16(22)26-3)29-15(8-11)28-13-5-4-10(20(24)25)6-12(13)19(2)17(18)23;1-3-2/h4-6,11,14-15H,7-8H2,1-3H3;1-2H3. The van der Waals surface area contributed by atoms with Gasteiger partial charge in [0.15, 0.2) is 6.10 Å². The van der Waals surface area contributed by atoms with E-state index < -0.39 is 40.7 Å². The number of hydrogen-bond donors (Lipinski definition) is 0. The second-order valence-electron chi connectivity index (χ2n) is 6.53. The first-order valence-electron chi connectivity index (χ1n) is 9.22. The summed E-state index contributed by atoms with van der Waals surface area (Å²) < 4.78 is 25.4. The van der Waals surface area contributed by atoms with Crippen molar-refractivity contribution in [3.63, 3.8) is 0 Å². The van der Waals surface area contributed by atoms with Gasteiger partial charge in [-0.25, -0.2) is 4.79 Å². The van der Waals surface area contributed by atoms with E-state index in [0.29, 0.717) is 0 Å². The number of methoxy groups -OCH3 is 2. The molecule has 3 atom stereocenters. The van der Waals surface area contributed by atoms with Crippen molar-refractivity contribution < 1.29 is 43.0 Å². The maximum absolute atomic E-state index is 11.9. The Hall–Kier alpha value is -2.96. The summed E-state index contributed by atoms with van der Waals surface area (Å²) in [6.07, 6.45) is -2.61. The summed E-state index contributed by atoms with van der Waals surface area (Å²) in [7, 11) is 5.74. The molecule has 12 nitrogen and oxygen atoms in total. The zero-order valence-corrected chi connectivity index (χ0v) is 19.0. The first kappa shape index (κ1) is 27.1.